The van der Waals surface area contributed by atoms with E-state index in [9.17, 15) is 0 Å². The molecule has 0 spiro atoms. The molecule has 1 unspecified atom stereocenters. The van der Waals surface area contributed by atoms with E-state index in [1.165, 1.54) is 16.8 Å². The van der Waals surface area contributed by atoms with Crippen LogP contribution in [0.5, 0.6) is 0 Å². The van der Waals surface area contributed by atoms with Crippen molar-refractivity contribution in [1.29, 1.82) is 0 Å². The van der Waals surface area contributed by atoms with Gasteiger partial charge in [-0.3, -0.25) is 0 Å². The largest absolute Gasteiger partial charge is 0.380 e. The Hall–Kier alpha value is -1.32. The van der Waals surface area contributed by atoms with Crippen LogP contribution in [0, 0.1) is 0 Å². The highest BCUT2D eigenvalue weighted by Gasteiger charge is 2.12. The van der Waals surface area contributed by atoms with E-state index in [1.54, 1.807) is 7.11 Å². The van der Waals surface area contributed by atoms with Crippen LogP contribution >= 0.6 is 0 Å². The summed E-state index contributed by atoms with van der Waals surface area (Å²) in [6.07, 6.45) is 4.34. The Morgan fingerprint density at radius 2 is 2.05 bits per heavy atom. The molecule has 0 radical (unpaired) electrons. The first-order valence-corrected chi connectivity index (χ1v) is 7.02. The van der Waals surface area contributed by atoms with Crippen LogP contribution in [0.2, 0.25) is 0 Å². The van der Waals surface area contributed by atoms with Gasteiger partial charge < -0.3 is 15.4 Å². The quantitative estimate of drug-likeness (QED) is 0.827. The number of rotatable bonds is 5. The number of nitrogens with zero attached hydrogens (tertiary/aromatic N) is 1. The predicted octanol–water partition coefficient (Wildman–Crippen LogP) is 2.88. The second-order valence-corrected chi connectivity index (χ2v) is 5.10. The van der Waals surface area contributed by atoms with Crippen LogP contribution in [0.4, 0.5) is 5.69 Å². The fourth-order valence-corrected chi connectivity index (χ4v) is 2.43. The van der Waals surface area contributed by atoms with Gasteiger partial charge >= 0.3 is 0 Å². The van der Waals surface area contributed by atoms with Gasteiger partial charge in [-0.2, -0.15) is 0 Å². The van der Waals surface area contributed by atoms with Crippen molar-refractivity contribution in [2.24, 2.45) is 5.73 Å². The Bertz CT molecular complexity index is 425. The second-order valence-electron chi connectivity index (χ2n) is 5.10. The standard InChI is InChI=1S/C16H24N2O/c1-3-16(17)14-4-6-15(7-5-14)18-10-8-13(9-11-18)12-19-2/h4-8,16H,3,9-12,17H2,1-2H3. The van der Waals surface area contributed by atoms with Crippen molar-refractivity contribution in [3.8, 4) is 0 Å². The molecule has 2 N–H and O–H groups in total. The van der Waals surface area contributed by atoms with E-state index in [4.69, 9.17) is 10.5 Å². The minimum Gasteiger partial charge on any atom is -0.380 e. The summed E-state index contributed by atoms with van der Waals surface area (Å²) in [5.74, 6) is 0. The molecular formula is C16H24N2O. The van der Waals surface area contributed by atoms with Crippen LogP contribution in [0.3, 0.4) is 0 Å². The smallest absolute Gasteiger partial charge is 0.0674 e. The maximum absolute atomic E-state index is 6.04. The molecule has 2 rings (SSSR count). The molecule has 1 heterocycles. The summed E-state index contributed by atoms with van der Waals surface area (Å²) in [6, 6.07) is 8.82. The maximum Gasteiger partial charge on any atom is 0.0674 e. The van der Waals surface area contributed by atoms with E-state index in [-0.39, 0.29) is 6.04 Å². The molecule has 1 aromatic carbocycles. The number of hydrogen-bond acceptors (Lipinski definition) is 3. The molecule has 0 aromatic heterocycles. The zero-order valence-corrected chi connectivity index (χ0v) is 11.9. The third-order valence-corrected chi connectivity index (χ3v) is 3.76. The molecule has 104 valence electrons. The van der Waals surface area contributed by atoms with Gasteiger partial charge in [0, 0.05) is 31.9 Å². The summed E-state index contributed by atoms with van der Waals surface area (Å²) in [6.45, 7) is 4.91. The summed E-state index contributed by atoms with van der Waals surface area (Å²) >= 11 is 0. The fraction of sp³-hybridized carbons (Fsp3) is 0.500. The normalized spacial score (nSPS) is 17.2. The third-order valence-electron chi connectivity index (χ3n) is 3.76. The Balaban J connectivity index is 2.00. The van der Waals surface area contributed by atoms with Crippen molar-refractivity contribution in [1.82, 2.24) is 0 Å². The van der Waals surface area contributed by atoms with E-state index in [0.717, 1.165) is 32.5 Å². The van der Waals surface area contributed by atoms with E-state index in [1.807, 2.05) is 0 Å². The number of benzene rings is 1. The maximum atomic E-state index is 6.04. The Morgan fingerprint density at radius 3 is 2.58 bits per heavy atom. The van der Waals surface area contributed by atoms with Gasteiger partial charge in [-0.1, -0.05) is 25.1 Å². The van der Waals surface area contributed by atoms with Crippen LogP contribution in [0.1, 0.15) is 31.4 Å². The zero-order chi connectivity index (χ0) is 13.7. The molecule has 0 fully saturated rings. The van der Waals surface area contributed by atoms with Crippen molar-refractivity contribution in [3.63, 3.8) is 0 Å². The second kappa shape index (κ2) is 6.73. The van der Waals surface area contributed by atoms with Crippen LogP contribution in [0.15, 0.2) is 35.9 Å². The topological polar surface area (TPSA) is 38.5 Å². The molecule has 0 saturated carbocycles. The Kier molecular flexibility index (Phi) is 5.00. The lowest BCUT2D eigenvalue weighted by Crippen LogP contribution is -2.29. The number of methoxy groups -OCH3 is 1. The average Bonchev–Trinajstić information content (AvgIpc) is 2.48. The van der Waals surface area contributed by atoms with Gasteiger partial charge in [0.1, 0.15) is 0 Å². The summed E-state index contributed by atoms with van der Waals surface area (Å²) < 4.78 is 5.18. The van der Waals surface area contributed by atoms with Gasteiger partial charge in [0.2, 0.25) is 0 Å². The summed E-state index contributed by atoms with van der Waals surface area (Å²) in [4.78, 5) is 2.39. The number of nitrogens with two attached hydrogens (primary N) is 1. The van der Waals surface area contributed by atoms with Gasteiger partial charge in [0.25, 0.3) is 0 Å². The van der Waals surface area contributed by atoms with Gasteiger partial charge in [-0.25, -0.2) is 0 Å². The van der Waals surface area contributed by atoms with E-state index >= 15 is 0 Å². The minimum absolute atomic E-state index is 0.156. The predicted molar refractivity (Wildman–Crippen MR) is 80.5 cm³/mol. The zero-order valence-electron chi connectivity index (χ0n) is 11.9. The van der Waals surface area contributed by atoms with Gasteiger partial charge in [-0.05, 0) is 36.1 Å². The summed E-state index contributed by atoms with van der Waals surface area (Å²) in [5.41, 5.74) is 9.94. The molecule has 19 heavy (non-hydrogen) atoms. The van der Waals surface area contributed by atoms with E-state index < -0.39 is 0 Å². The van der Waals surface area contributed by atoms with Crippen molar-refractivity contribution in [3.05, 3.63) is 41.5 Å². The minimum atomic E-state index is 0.156. The number of ether oxygens (including phenoxy) is 1. The lowest BCUT2D eigenvalue weighted by molar-refractivity contribution is 0.222. The molecule has 0 aliphatic carbocycles. The van der Waals surface area contributed by atoms with E-state index in [2.05, 4.69) is 42.2 Å². The first-order chi connectivity index (χ1) is 9.24. The Labute approximate surface area is 116 Å². The monoisotopic (exact) mass is 260 g/mol. The molecule has 3 heteroatoms. The van der Waals surface area contributed by atoms with Crippen LogP contribution in [-0.4, -0.2) is 26.8 Å². The first-order valence-electron chi connectivity index (χ1n) is 7.02. The lowest BCUT2D eigenvalue weighted by Gasteiger charge is -2.28. The van der Waals surface area contributed by atoms with Gasteiger partial charge in [0.15, 0.2) is 0 Å². The SMILES string of the molecule is CCC(N)c1ccc(N2CC=C(COC)CC2)cc1. The third kappa shape index (κ3) is 3.58. The molecule has 3 nitrogen and oxygen atoms in total. The molecule has 1 aromatic rings. The van der Waals surface area contributed by atoms with Crippen molar-refractivity contribution in [2.45, 2.75) is 25.8 Å². The van der Waals surface area contributed by atoms with Crippen LogP contribution in [0.25, 0.3) is 0 Å². The number of hydrogen-bond donors (Lipinski definition) is 1. The average molecular weight is 260 g/mol. The molecule has 0 bridgehead atoms. The van der Waals surface area contributed by atoms with Gasteiger partial charge in [-0.15, -0.1) is 0 Å². The molecule has 1 aliphatic rings. The van der Waals surface area contributed by atoms with Crippen LogP contribution in [-0.2, 0) is 4.74 Å². The molecule has 1 atom stereocenters. The highest BCUT2D eigenvalue weighted by molar-refractivity contribution is 5.49. The summed E-state index contributed by atoms with van der Waals surface area (Å²) in [7, 11) is 1.75. The summed E-state index contributed by atoms with van der Waals surface area (Å²) in [5, 5.41) is 0. The number of anilines is 1. The lowest BCUT2D eigenvalue weighted by atomic mass is 10.0. The van der Waals surface area contributed by atoms with Crippen molar-refractivity contribution < 1.29 is 4.74 Å². The molecule has 0 saturated heterocycles. The fourth-order valence-electron chi connectivity index (χ4n) is 2.43. The highest BCUT2D eigenvalue weighted by atomic mass is 16.5. The molecule has 1 aliphatic heterocycles. The Morgan fingerprint density at radius 1 is 1.32 bits per heavy atom. The van der Waals surface area contributed by atoms with Crippen molar-refractivity contribution >= 4 is 5.69 Å². The first kappa shape index (κ1) is 14.1. The van der Waals surface area contributed by atoms with Gasteiger partial charge in [0.05, 0.1) is 6.61 Å². The molecule has 0 amide bonds. The van der Waals surface area contributed by atoms with Crippen molar-refractivity contribution in [2.75, 3.05) is 31.7 Å². The van der Waals surface area contributed by atoms with E-state index in [0.29, 0.717) is 0 Å². The van der Waals surface area contributed by atoms with Crippen LogP contribution < -0.4 is 10.6 Å². The highest BCUT2D eigenvalue weighted by Crippen LogP contribution is 2.22. The molecular weight excluding hydrogens is 236 g/mol.